The Kier molecular flexibility index (Phi) is 3.67. The molecule has 7 heteroatoms. The fourth-order valence-electron chi connectivity index (χ4n) is 4.13. The van der Waals surface area contributed by atoms with Gasteiger partial charge in [0, 0.05) is 25.8 Å². The lowest BCUT2D eigenvalue weighted by molar-refractivity contribution is -0.945. The third kappa shape index (κ3) is 3.02. The van der Waals surface area contributed by atoms with Crippen LogP contribution in [0.4, 0.5) is 0 Å². The molecule has 2 bridgehead atoms. The van der Waals surface area contributed by atoms with Gasteiger partial charge in [-0.25, -0.2) is 4.68 Å². The predicted octanol–water partition coefficient (Wildman–Crippen LogP) is -0.947. The van der Waals surface area contributed by atoms with Crippen molar-refractivity contribution in [2.75, 3.05) is 13.1 Å². The largest absolute Gasteiger partial charge is 0.353 e. The van der Waals surface area contributed by atoms with Gasteiger partial charge >= 0.3 is 0 Å². The van der Waals surface area contributed by atoms with Crippen molar-refractivity contribution in [1.29, 1.82) is 0 Å². The topological polar surface area (TPSA) is 81.3 Å². The van der Waals surface area contributed by atoms with E-state index in [0.717, 1.165) is 45.3 Å². The van der Waals surface area contributed by atoms with Gasteiger partial charge in [-0.3, -0.25) is 9.59 Å². The van der Waals surface area contributed by atoms with Crippen molar-refractivity contribution in [2.24, 2.45) is 11.8 Å². The summed E-state index contributed by atoms with van der Waals surface area (Å²) in [4.78, 5) is 25.2. The molecule has 0 radical (unpaired) electrons. The molecular formula is C16H24N5O2+. The van der Waals surface area contributed by atoms with Crippen LogP contribution in [0.25, 0.3) is 0 Å². The number of aromatic nitrogens is 3. The number of hydrogen-bond donors (Lipinski definition) is 2. The van der Waals surface area contributed by atoms with Crippen molar-refractivity contribution >= 4 is 11.7 Å². The highest BCUT2D eigenvalue weighted by molar-refractivity contribution is 5.91. The molecule has 1 aliphatic carbocycles. The van der Waals surface area contributed by atoms with Crippen LogP contribution in [0.15, 0.2) is 6.20 Å². The summed E-state index contributed by atoms with van der Waals surface area (Å²) >= 11 is 0. The van der Waals surface area contributed by atoms with Gasteiger partial charge < -0.3 is 10.2 Å². The number of nitrogens with zero attached hydrogens (tertiary/aromatic N) is 3. The van der Waals surface area contributed by atoms with Crippen LogP contribution in [0.1, 0.15) is 43.1 Å². The van der Waals surface area contributed by atoms with Crippen molar-refractivity contribution in [1.82, 2.24) is 20.3 Å². The fraction of sp³-hybridized carbons (Fsp3) is 0.750. The van der Waals surface area contributed by atoms with E-state index in [9.17, 15) is 9.59 Å². The second-order valence-corrected chi connectivity index (χ2v) is 7.37. The van der Waals surface area contributed by atoms with Crippen molar-refractivity contribution in [3.8, 4) is 0 Å². The zero-order chi connectivity index (χ0) is 16.0. The lowest BCUT2D eigenvalue weighted by atomic mass is 9.75. The van der Waals surface area contributed by atoms with Crippen LogP contribution in [0.5, 0.6) is 0 Å². The molecule has 3 saturated heterocycles. The maximum atomic E-state index is 12.4. The average molecular weight is 318 g/mol. The SMILES string of the molecule is CC(=O)c1cn(C[C@H]2C[C@H]3CC[NH+]2C[C@@H]3C(=O)NC2CC2)nn1. The Morgan fingerprint density at radius 1 is 1.39 bits per heavy atom. The molecule has 4 aliphatic rings. The molecule has 1 aromatic rings. The molecule has 124 valence electrons. The Balaban J connectivity index is 1.39. The molecule has 1 unspecified atom stereocenters. The van der Waals surface area contributed by atoms with E-state index in [-0.39, 0.29) is 17.6 Å². The smallest absolute Gasteiger partial charge is 0.229 e. The van der Waals surface area contributed by atoms with Gasteiger partial charge in [-0.15, -0.1) is 5.10 Å². The highest BCUT2D eigenvalue weighted by Crippen LogP contribution is 2.29. The summed E-state index contributed by atoms with van der Waals surface area (Å²) in [5.74, 6) is 0.893. The number of Topliss-reactive ketones (excluding diaryl/α,β-unsaturated/α-hetero) is 1. The van der Waals surface area contributed by atoms with Crippen molar-refractivity contribution in [2.45, 2.75) is 51.2 Å². The van der Waals surface area contributed by atoms with E-state index in [1.165, 1.54) is 11.8 Å². The minimum Gasteiger partial charge on any atom is -0.353 e. The first-order chi connectivity index (χ1) is 11.1. The van der Waals surface area contributed by atoms with Crippen LogP contribution in [-0.4, -0.2) is 51.9 Å². The lowest BCUT2D eigenvalue weighted by Gasteiger charge is -2.46. The number of hydrogen-bond acceptors (Lipinski definition) is 4. The quantitative estimate of drug-likeness (QED) is 0.686. The van der Waals surface area contributed by atoms with E-state index >= 15 is 0 Å². The number of piperidine rings is 3. The Morgan fingerprint density at radius 2 is 2.22 bits per heavy atom. The van der Waals surface area contributed by atoms with Crippen molar-refractivity contribution in [3.05, 3.63) is 11.9 Å². The van der Waals surface area contributed by atoms with Crippen LogP contribution in [0, 0.1) is 11.8 Å². The van der Waals surface area contributed by atoms with Crippen LogP contribution < -0.4 is 10.2 Å². The molecule has 2 N–H and O–H groups in total. The molecular weight excluding hydrogens is 294 g/mol. The summed E-state index contributed by atoms with van der Waals surface area (Å²) in [6.07, 6.45) is 6.24. The Labute approximate surface area is 135 Å². The van der Waals surface area contributed by atoms with Gasteiger partial charge in [0.15, 0.2) is 5.78 Å². The monoisotopic (exact) mass is 318 g/mol. The Hall–Kier alpha value is -1.76. The van der Waals surface area contributed by atoms with Gasteiger partial charge in [-0.2, -0.15) is 0 Å². The molecule has 4 atom stereocenters. The van der Waals surface area contributed by atoms with E-state index in [2.05, 4.69) is 15.6 Å². The summed E-state index contributed by atoms with van der Waals surface area (Å²) in [5, 5.41) is 11.2. The summed E-state index contributed by atoms with van der Waals surface area (Å²) in [7, 11) is 0. The number of amides is 1. The number of rotatable bonds is 5. The number of fused-ring (bicyclic) bond motifs is 3. The third-order valence-electron chi connectivity index (χ3n) is 5.62. The average Bonchev–Trinajstić information content (AvgIpc) is 3.22. The Morgan fingerprint density at radius 3 is 2.83 bits per heavy atom. The molecule has 1 aromatic heterocycles. The molecule has 0 spiro atoms. The van der Waals surface area contributed by atoms with E-state index in [1.54, 1.807) is 10.9 Å². The number of carbonyl (C=O) groups excluding carboxylic acids is 2. The molecule has 23 heavy (non-hydrogen) atoms. The van der Waals surface area contributed by atoms with Crippen molar-refractivity contribution in [3.63, 3.8) is 0 Å². The standard InChI is InChI=1S/C16H23N5O2/c1-10(22)15-9-21(19-18-15)7-13-6-11-4-5-20(13)8-14(11)16(23)17-12-2-3-12/h9,11-14H,2-8H2,1H3,(H,17,23)/p+1/t11-,13-,14+/m1/s1. The molecule has 1 saturated carbocycles. The summed E-state index contributed by atoms with van der Waals surface area (Å²) < 4.78 is 1.79. The molecule has 5 rings (SSSR count). The zero-order valence-corrected chi connectivity index (χ0v) is 13.5. The van der Waals surface area contributed by atoms with Crippen molar-refractivity contribution < 1.29 is 14.5 Å². The van der Waals surface area contributed by atoms with Gasteiger partial charge in [-0.05, 0) is 18.8 Å². The number of quaternary nitrogens is 1. The Bertz CT molecular complexity index is 624. The second kappa shape index (κ2) is 5.70. The maximum Gasteiger partial charge on any atom is 0.229 e. The first kappa shape index (κ1) is 14.8. The highest BCUT2D eigenvalue weighted by Gasteiger charge is 2.47. The van der Waals surface area contributed by atoms with Crippen LogP contribution in [0.2, 0.25) is 0 Å². The minimum atomic E-state index is -0.0501. The van der Waals surface area contributed by atoms with Gasteiger partial charge in [-0.1, -0.05) is 5.21 Å². The van der Waals surface area contributed by atoms with Gasteiger partial charge in [0.25, 0.3) is 0 Å². The van der Waals surface area contributed by atoms with E-state index in [1.807, 2.05) is 0 Å². The van der Waals surface area contributed by atoms with E-state index in [4.69, 9.17) is 0 Å². The molecule has 4 fully saturated rings. The molecule has 1 amide bonds. The van der Waals surface area contributed by atoms with E-state index in [0.29, 0.717) is 23.7 Å². The highest BCUT2D eigenvalue weighted by atomic mass is 16.2. The second-order valence-electron chi connectivity index (χ2n) is 7.37. The summed E-state index contributed by atoms with van der Waals surface area (Å²) in [6, 6.07) is 0.920. The van der Waals surface area contributed by atoms with Crippen LogP contribution >= 0.6 is 0 Å². The minimum absolute atomic E-state index is 0.0501. The first-order valence-corrected chi connectivity index (χ1v) is 8.66. The fourth-order valence-corrected chi connectivity index (χ4v) is 4.13. The zero-order valence-electron chi connectivity index (χ0n) is 13.5. The maximum absolute atomic E-state index is 12.4. The number of nitrogens with one attached hydrogen (secondary N) is 2. The van der Waals surface area contributed by atoms with Gasteiger partial charge in [0.05, 0.1) is 31.7 Å². The third-order valence-corrected chi connectivity index (χ3v) is 5.62. The summed E-state index contributed by atoms with van der Waals surface area (Å²) in [5.41, 5.74) is 0.428. The normalized spacial score (nSPS) is 32.7. The molecule has 0 aromatic carbocycles. The number of carbonyl (C=O) groups is 2. The van der Waals surface area contributed by atoms with Gasteiger partial charge in [0.1, 0.15) is 11.7 Å². The van der Waals surface area contributed by atoms with Crippen LogP contribution in [-0.2, 0) is 11.3 Å². The number of ketones is 1. The first-order valence-electron chi connectivity index (χ1n) is 8.66. The molecule has 4 heterocycles. The summed E-state index contributed by atoms with van der Waals surface area (Å²) in [6.45, 7) is 4.36. The molecule has 3 aliphatic heterocycles. The molecule has 7 nitrogen and oxygen atoms in total. The van der Waals surface area contributed by atoms with Crippen LogP contribution in [0.3, 0.4) is 0 Å². The predicted molar refractivity (Wildman–Crippen MR) is 81.9 cm³/mol. The van der Waals surface area contributed by atoms with E-state index < -0.39 is 0 Å². The van der Waals surface area contributed by atoms with Gasteiger partial charge in [0.2, 0.25) is 5.91 Å². The lowest BCUT2D eigenvalue weighted by Crippen LogP contribution is -3.20.